The van der Waals surface area contributed by atoms with Crippen LogP contribution in [0, 0.1) is 0 Å². The van der Waals surface area contributed by atoms with Crippen molar-refractivity contribution < 1.29 is 27.6 Å². The third kappa shape index (κ3) is 6.45. The number of alkyl halides is 3. The van der Waals surface area contributed by atoms with Gasteiger partial charge in [0.1, 0.15) is 12.3 Å². The fourth-order valence-electron chi connectivity index (χ4n) is 2.60. The molecule has 1 amide bonds. The second-order valence-corrected chi connectivity index (χ2v) is 6.87. The number of hydrogen-bond acceptors (Lipinski definition) is 3. The number of quaternary nitrogens is 1. The van der Waals surface area contributed by atoms with E-state index in [0.29, 0.717) is 12.2 Å². The number of carbonyl (C=O) groups is 1. The highest BCUT2D eigenvalue weighted by atomic mass is 19.4. The second kappa shape index (κ2) is 8.97. The summed E-state index contributed by atoms with van der Waals surface area (Å²) in [5.41, 5.74) is 2.62. The largest absolute Gasteiger partial charge is 0.573 e. The van der Waals surface area contributed by atoms with Gasteiger partial charge in [-0.1, -0.05) is 12.1 Å². The average molecular weight is 396 g/mol. The molecule has 0 saturated heterocycles. The molecule has 8 heteroatoms. The van der Waals surface area contributed by atoms with Gasteiger partial charge in [0.15, 0.2) is 6.04 Å². The molecule has 28 heavy (non-hydrogen) atoms. The molecule has 0 aliphatic carbocycles. The van der Waals surface area contributed by atoms with Crippen molar-refractivity contribution in [3.05, 3.63) is 54.1 Å². The smallest absolute Gasteiger partial charge is 0.406 e. The summed E-state index contributed by atoms with van der Waals surface area (Å²) in [4.78, 5) is 15.5. The lowest BCUT2D eigenvalue weighted by Crippen LogP contribution is -3.12. The number of halogens is 3. The van der Waals surface area contributed by atoms with Gasteiger partial charge in [0.25, 0.3) is 5.91 Å². The SMILES string of the molecule is C[C@@H](C(=O)Nc1ccc(OC(F)(F)F)cc1)[NH+](C)Cc1ccc(N(C)C)cc1. The summed E-state index contributed by atoms with van der Waals surface area (Å²) in [6, 6.07) is 12.8. The van der Waals surface area contributed by atoms with Gasteiger partial charge in [0, 0.05) is 31.0 Å². The monoisotopic (exact) mass is 396 g/mol. The molecule has 1 unspecified atom stereocenters. The molecule has 2 atom stereocenters. The van der Waals surface area contributed by atoms with Crippen molar-refractivity contribution in [2.24, 2.45) is 0 Å². The van der Waals surface area contributed by atoms with Gasteiger partial charge in [-0.15, -0.1) is 13.2 Å². The van der Waals surface area contributed by atoms with Crippen molar-refractivity contribution in [2.75, 3.05) is 31.4 Å². The molecular weight excluding hydrogens is 371 g/mol. The quantitative estimate of drug-likeness (QED) is 0.757. The van der Waals surface area contributed by atoms with E-state index >= 15 is 0 Å². The van der Waals surface area contributed by atoms with Crippen molar-refractivity contribution >= 4 is 17.3 Å². The summed E-state index contributed by atoms with van der Waals surface area (Å²) in [6.45, 7) is 2.47. The van der Waals surface area contributed by atoms with Crippen molar-refractivity contribution in [3.8, 4) is 5.75 Å². The van der Waals surface area contributed by atoms with E-state index in [4.69, 9.17) is 0 Å². The van der Waals surface area contributed by atoms with Crippen LogP contribution in [0.2, 0.25) is 0 Å². The van der Waals surface area contributed by atoms with Crippen molar-refractivity contribution in [3.63, 3.8) is 0 Å². The number of carbonyl (C=O) groups excluding carboxylic acids is 1. The number of likely N-dealkylation sites (N-methyl/N-ethyl adjacent to an activating group) is 1. The normalized spacial score (nSPS) is 13.5. The Balaban J connectivity index is 1.92. The summed E-state index contributed by atoms with van der Waals surface area (Å²) in [5.74, 6) is -0.547. The highest BCUT2D eigenvalue weighted by Crippen LogP contribution is 2.23. The van der Waals surface area contributed by atoms with Gasteiger partial charge in [0.05, 0.1) is 7.05 Å². The topological polar surface area (TPSA) is 46.0 Å². The van der Waals surface area contributed by atoms with Crippen LogP contribution >= 0.6 is 0 Å². The maximum atomic E-state index is 12.5. The molecule has 2 aromatic rings. The van der Waals surface area contributed by atoms with Crippen molar-refractivity contribution in [1.29, 1.82) is 0 Å². The Kier molecular flexibility index (Phi) is 6.90. The van der Waals surface area contributed by atoms with Crippen LogP contribution in [-0.2, 0) is 11.3 Å². The Bertz CT molecular complexity index is 775. The highest BCUT2D eigenvalue weighted by molar-refractivity contribution is 5.93. The molecule has 0 radical (unpaired) electrons. The number of nitrogens with zero attached hydrogens (tertiary/aromatic N) is 1. The molecular formula is C20H25F3N3O2+. The predicted octanol–water partition coefficient (Wildman–Crippen LogP) is 2.69. The minimum Gasteiger partial charge on any atom is -0.406 e. The molecule has 0 bridgehead atoms. The predicted molar refractivity (Wildman–Crippen MR) is 103 cm³/mol. The highest BCUT2D eigenvalue weighted by Gasteiger charge is 2.31. The van der Waals surface area contributed by atoms with E-state index in [1.807, 2.05) is 50.3 Å². The van der Waals surface area contributed by atoms with Gasteiger partial charge < -0.3 is 19.9 Å². The van der Waals surface area contributed by atoms with Crippen molar-refractivity contribution in [2.45, 2.75) is 25.9 Å². The third-order valence-corrected chi connectivity index (χ3v) is 4.42. The summed E-state index contributed by atoms with van der Waals surface area (Å²) < 4.78 is 40.4. The van der Waals surface area contributed by atoms with E-state index in [1.54, 1.807) is 6.92 Å². The van der Waals surface area contributed by atoms with Crippen LogP contribution < -0.4 is 19.9 Å². The van der Waals surface area contributed by atoms with E-state index in [2.05, 4.69) is 10.1 Å². The number of hydrogen-bond donors (Lipinski definition) is 2. The lowest BCUT2D eigenvalue weighted by Gasteiger charge is -2.21. The standard InChI is InChI=1S/C20H24F3N3O2/c1-14(26(4)13-15-5-9-17(10-6-15)25(2)3)19(27)24-16-7-11-18(12-8-16)28-20(21,22)23/h5-12,14H,13H2,1-4H3,(H,24,27)/p+1/t14-/m0/s1. The molecule has 0 aliphatic rings. The first-order valence-corrected chi connectivity index (χ1v) is 8.80. The molecule has 2 rings (SSSR count). The maximum Gasteiger partial charge on any atom is 0.573 e. The Labute approximate surface area is 162 Å². The van der Waals surface area contributed by atoms with E-state index < -0.39 is 6.36 Å². The average Bonchev–Trinajstić information content (AvgIpc) is 2.61. The van der Waals surface area contributed by atoms with Crippen LogP contribution in [0.15, 0.2) is 48.5 Å². The van der Waals surface area contributed by atoms with Crippen LogP contribution in [0.4, 0.5) is 24.5 Å². The van der Waals surface area contributed by atoms with Crippen LogP contribution in [0.25, 0.3) is 0 Å². The van der Waals surface area contributed by atoms with Gasteiger partial charge in [-0.2, -0.15) is 0 Å². The van der Waals surface area contributed by atoms with Crippen LogP contribution in [0.1, 0.15) is 12.5 Å². The van der Waals surface area contributed by atoms with E-state index in [1.165, 1.54) is 12.1 Å². The molecule has 2 aromatic carbocycles. The first-order valence-electron chi connectivity index (χ1n) is 8.80. The Morgan fingerprint density at radius 3 is 2.18 bits per heavy atom. The van der Waals surface area contributed by atoms with Crippen molar-refractivity contribution in [1.82, 2.24) is 0 Å². The van der Waals surface area contributed by atoms with Crippen LogP contribution in [0.3, 0.4) is 0 Å². The van der Waals surface area contributed by atoms with E-state index in [9.17, 15) is 18.0 Å². The number of ether oxygens (including phenoxy) is 1. The second-order valence-electron chi connectivity index (χ2n) is 6.87. The molecule has 152 valence electrons. The lowest BCUT2D eigenvalue weighted by molar-refractivity contribution is -0.907. The zero-order valence-electron chi connectivity index (χ0n) is 16.3. The molecule has 0 aliphatic heterocycles. The van der Waals surface area contributed by atoms with Gasteiger partial charge in [-0.05, 0) is 43.3 Å². The van der Waals surface area contributed by atoms with Crippen LogP contribution in [0.5, 0.6) is 5.75 Å². The Morgan fingerprint density at radius 2 is 1.68 bits per heavy atom. The fourth-order valence-corrected chi connectivity index (χ4v) is 2.60. The first kappa shape index (κ1) is 21.6. The number of benzene rings is 2. The zero-order valence-corrected chi connectivity index (χ0v) is 16.3. The molecule has 5 nitrogen and oxygen atoms in total. The molecule has 0 spiro atoms. The zero-order chi connectivity index (χ0) is 20.9. The number of anilines is 2. The minimum absolute atomic E-state index is 0.216. The third-order valence-electron chi connectivity index (χ3n) is 4.42. The number of nitrogens with one attached hydrogen (secondary N) is 2. The van der Waals surface area contributed by atoms with E-state index in [0.717, 1.165) is 28.3 Å². The van der Waals surface area contributed by atoms with Gasteiger partial charge in [-0.25, -0.2) is 0 Å². The first-order chi connectivity index (χ1) is 13.0. The maximum absolute atomic E-state index is 12.5. The molecule has 0 heterocycles. The molecule has 0 aromatic heterocycles. The molecule has 0 fully saturated rings. The Hall–Kier alpha value is -2.74. The lowest BCUT2D eigenvalue weighted by atomic mass is 10.1. The molecule has 2 N–H and O–H groups in total. The van der Waals surface area contributed by atoms with E-state index in [-0.39, 0.29) is 17.7 Å². The van der Waals surface area contributed by atoms with Gasteiger partial charge in [-0.3, -0.25) is 4.79 Å². The summed E-state index contributed by atoms with van der Waals surface area (Å²) in [7, 11) is 5.87. The Morgan fingerprint density at radius 1 is 1.11 bits per heavy atom. The number of rotatable bonds is 7. The van der Waals surface area contributed by atoms with Gasteiger partial charge >= 0.3 is 6.36 Å². The summed E-state index contributed by atoms with van der Waals surface area (Å²) in [5, 5.41) is 2.72. The summed E-state index contributed by atoms with van der Waals surface area (Å²) >= 11 is 0. The van der Waals surface area contributed by atoms with Gasteiger partial charge in [0.2, 0.25) is 0 Å². The summed E-state index contributed by atoms with van der Waals surface area (Å²) in [6.07, 6.45) is -4.74. The fraction of sp³-hybridized carbons (Fsp3) is 0.350. The van der Waals surface area contributed by atoms with Crippen LogP contribution in [-0.4, -0.2) is 39.5 Å². The molecule has 0 saturated carbocycles. The minimum atomic E-state index is -4.74. The number of amides is 1.